The number of carbonyl (C=O) groups is 1. The van der Waals surface area contributed by atoms with Crippen LogP contribution < -0.4 is 5.32 Å². The van der Waals surface area contributed by atoms with Gasteiger partial charge in [0.15, 0.2) is 11.6 Å². The highest BCUT2D eigenvalue weighted by Gasteiger charge is 2.20. The van der Waals surface area contributed by atoms with Gasteiger partial charge in [-0.15, -0.1) is 0 Å². The quantitative estimate of drug-likeness (QED) is 0.172. The van der Waals surface area contributed by atoms with E-state index in [1.807, 2.05) is 20.8 Å². The molecule has 0 atom stereocenters. The number of imidazole rings is 1. The molecular formula is C33H31F2N7O3S. The molecule has 10 nitrogen and oxygen atoms in total. The van der Waals surface area contributed by atoms with Crippen molar-refractivity contribution in [1.29, 1.82) is 0 Å². The number of nitrogens with one attached hydrogen (secondary N) is 3. The normalized spacial score (nSPS) is 12.2. The third kappa shape index (κ3) is 6.79. The van der Waals surface area contributed by atoms with Gasteiger partial charge in [-0.25, -0.2) is 22.2 Å². The van der Waals surface area contributed by atoms with Gasteiger partial charge in [0.2, 0.25) is 5.91 Å². The van der Waals surface area contributed by atoms with E-state index < -0.39 is 21.5 Å². The van der Waals surface area contributed by atoms with Crippen molar-refractivity contribution in [2.24, 2.45) is 5.41 Å². The van der Waals surface area contributed by atoms with Gasteiger partial charge in [-0.2, -0.15) is 5.10 Å². The minimum absolute atomic E-state index is 0.112. The molecule has 6 aromatic rings. The summed E-state index contributed by atoms with van der Waals surface area (Å²) in [5.74, 6) is -0.981. The molecule has 3 N–H and O–H groups in total. The van der Waals surface area contributed by atoms with Crippen molar-refractivity contribution in [3.63, 3.8) is 0 Å². The van der Waals surface area contributed by atoms with Crippen LogP contribution in [0, 0.1) is 17.0 Å². The Morgan fingerprint density at radius 2 is 1.78 bits per heavy atom. The van der Waals surface area contributed by atoms with Crippen LogP contribution in [-0.4, -0.2) is 56.5 Å². The Morgan fingerprint density at radius 1 is 0.978 bits per heavy atom. The predicted octanol–water partition coefficient (Wildman–Crippen LogP) is 6.47. The van der Waals surface area contributed by atoms with Gasteiger partial charge in [-0.3, -0.25) is 19.9 Å². The standard InChI is InChI=1S/C33H31F2N7O3S/c1-33(2,3)15-27(43)38-23-12-21(16-36-17-23)19-13-24-29(25(35)14-19)41-42-30(24)32-39-26-5-7-37-28(31(26)40-32)20-9-18(10-22(34)11-20)6-8-46(4,44)45/h5,7,9-14,16-17H,6,8,15H2,1-4H3,(H,38,43)(H,39,40)(H,41,42). The van der Waals surface area contributed by atoms with Crippen molar-refractivity contribution in [1.82, 2.24) is 30.1 Å². The lowest BCUT2D eigenvalue weighted by Gasteiger charge is -2.17. The van der Waals surface area contributed by atoms with E-state index in [9.17, 15) is 17.6 Å². The summed E-state index contributed by atoms with van der Waals surface area (Å²) >= 11 is 0. The summed E-state index contributed by atoms with van der Waals surface area (Å²) in [4.78, 5) is 29.2. The lowest BCUT2D eigenvalue weighted by atomic mass is 9.92. The van der Waals surface area contributed by atoms with Crippen LogP contribution in [0.2, 0.25) is 0 Å². The SMILES string of the molecule is CC(C)(C)CC(=O)Nc1cncc(-c2cc(F)c3n[nH]c(-c4nc5c(-c6cc(F)cc(CCS(C)(=O)=O)c6)nccc5[nH]4)c3c2)c1. The second-order valence-electron chi connectivity index (χ2n) is 12.6. The molecule has 0 fully saturated rings. The molecule has 0 aliphatic heterocycles. The van der Waals surface area contributed by atoms with Crippen LogP contribution >= 0.6 is 0 Å². The van der Waals surface area contributed by atoms with Crippen molar-refractivity contribution in [3.8, 4) is 33.9 Å². The lowest BCUT2D eigenvalue weighted by molar-refractivity contribution is -0.117. The molecule has 0 bridgehead atoms. The maximum Gasteiger partial charge on any atom is 0.224 e. The zero-order valence-corrected chi connectivity index (χ0v) is 26.4. The van der Waals surface area contributed by atoms with Crippen molar-refractivity contribution < 1.29 is 22.0 Å². The number of H-pyrrole nitrogens is 2. The number of pyridine rings is 2. The third-order valence-electron chi connectivity index (χ3n) is 7.29. The van der Waals surface area contributed by atoms with E-state index >= 15 is 4.39 Å². The number of halogens is 2. The Kier molecular flexibility index (Phi) is 7.88. The number of aryl methyl sites for hydroxylation is 1. The van der Waals surface area contributed by atoms with Gasteiger partial charge in [0.05, 0.1) is 28.8 Å². The molecule has 236 valence electrons. The zero-order valence-electron chi connectivity index (χ0n) is 25.6. The fourth-order valence-corrected chi connectivity index (χ4v) is 5.88. The van der Waals surface area contributed by atoms with Gasteiger partial charge >= 0.3 is 0 Å². The predicted molar refractivity (Wildman–Crippen MR) is 174 cm³/mol. The number of hydrogen-bond donors (Lipinski definition) is 3. The number of aromatic nitrogens is 6. The van der Waals surface area contributed by atoms with Crippen LogP contribution in [-0.2, 0) is 21.1 Å². The highest BCUT2D eigenvalue weighted by molar-refractivity contribution is 7.90. The van der Waals surface area contributed by atoms with Crippen LogP contribution in [0.4, 0.5) is 14.5 Å². The molecule has 0 saturated carbocycles. The monoisotopic (exact) mass is 643 g/mol. The number of fused-ring (bicyclic) bond motifs is 2. The van der Waals surface area contributed by atoms with Crippen molar-refractivity contribution in [3.05, 3.63) is 78.3 Å². The molecule has 0 unspecified atom stereocenters. The van der Waals surface area contributed by atoms with Crippen LogP contribution in [0.25, 0.3) is 55.8 Å². The molecule has 1 amide bonds. The first-order chi connectivity index (χ1) is 21.7. The molecule has 4 heterocycles. The van der Waals surface area contributed by atoms with E-state index in [0.29, 0.717) is 68.0 Å². The first kappa shape index (κ1) is 31.0. The fraction of sp³-hybridized carbons (Fsp3) is 0.242. The number of anilines is 1. The van der Waals surface area contributed by atoms with Gasteiger partial charge in [-0.05, 0) is 65.4 Å². The van der Waals surface area contributed by atoms with Crippen LogP contribution in [0.15, 0.2) is 61.1 Å². The number of carbonyl (C=O) groups excluding carboxylic acids is 1. The smallest absolute Gasteiger partial charge is 0.224 e. The molecule has 0 spiro atoms. The minimum Gasteiger partial charge on any atom is -0.337 e. The molecule has 0 saturated heterocycles. The maximum atomic E-state index is 15.4. The molecule has 0 aliphatic rings. The molecule has 46 heavy (non-hydrogen) atoms. The van der Waals surface area contributed by atoms with E-state index in [2.05, 4.69) is 30.5 Å². The summed E-state index contributed by atoms with van der Waals surface area (Å²) in [5, 5.41) is 10.4. The number of hydrogen-bond acceptors (Lipinski definition) is 7. The summed E-state index contributed by atoms with van der Waals surface area (Å²) in [6.45, 7) is 5.93. The van der Waals surface area contributed by atoms with Crippen molar-refractivity contribution >= 4 is 43.4 Å². The van der Waals surface area contributed by atoms with E-state index in [0.717, 1.165) is 6.26 Å². The van der Waals surface area contributed by atoms with Crippen LogP contribution in [0.3, 0.4) is 0 Å². The van der Waals surface area contributed by atoms with Gasteiger partial charge in [0.1, 0.15) is 32.4 Å². The Bertz CT molecular complexity index is 2240. The largest absolute Gasteiger partial charge is 0.337 e. The summed E-state index contributed by atoms with van der Waals surface area (Å²) < 4.78 is 53.3. The Balaban J connectivity index is 1.37. The Hall–Kier alpha value is -5.04. The van der Waals surface area contributed by atoms with Gasteiger partial charge < -0.3 is 10.3 Å². The molecule has 4 aromatic heterocycles. The molecule has 13 heteroatoms. The number of aromatic amines is 2. The lowest BCUT2D eigenvalue weighted by Crippen LogP contribution is -2.19. The second-order valence-corrected chi connectivity index (χ2v) is 14.8. The van der Waals surface area contributed by atoms with Crippen molar-refractivity contribution in [2.45, 2.75) is 33.6 Å². The minimum atomic E-state index is -3.24. The van der Waals surface area contributed by atoms with Crippen LogP contribution in [0.1, 0.15) is 32.8 Å². The maximum absolute atomic E-state index is 15.4. The first-order valence-electron chi connectivity index (χ1n) is 14.5. The zero-order chi connectivity index (χ0) is 32.8. The van der Waals surface area contributed by atoms with Crippen LogP contribution in [0.5, 0.6) is 0 Å². The van der Waals surface area contributed by atoms with E-state index in [1.165, 1.54) is 24.4 Å². The number of sulfone groups is 1. The van der Waals surface area contributed by atoms with E-state index in [1.54, 1.807) is 36.7 Å². The summed E-state index contributed by atoms with van der Waals surface area (Å²) in [6.07, 6.45) is 6.30. The van der Waals surface area contributed by atoms with Gasteiger partial charge in [0.25, 0.3) is 0 Å². The third-order valence-corrected chi connectivity index (χ3v) is 8.23. The highest BCUT2D eigenvalue weighted by Crippen LogP contribution is 2.34. The molecule has 0 radical (unpaired) electrons. The fourth-order valence-electron chi connectivity index (χ4n) is 5.28. The summed E-state index contributed by atoms with van der Waals surface area (Å²) in [5.41, 5.74) is 4.36. The molecule has 6 rings (SSSR count). The Morgan fingerprint density at radius 3 is 2.54 bits per heavy atom. The average Bonchev–Trinajstić information content (AvgIpc) is 3.59. The summed E-state index contributed by atoms with van der Waals surface area (Å²) in [7, 11) is -3.24. The summed E-state index contributed by atoms with van der Waals surface area (Å²) in [6, 6.07) is 10.9. The average molecular weight is 644 g/mol. The second kappa shape index (κ2) is 11.7. The van der Waals surface area contributed by atoms with Gasteiger partial charge in [0, 0.05) is 41.6 Å². The number of rotatable bonds is 8. The number of nitrogens with zero attached hydrogens (tertiary/aromatic N) is 4. The van der Waals surface area contributed by atoms with Gasteiger partial charge in [-0.1, -0.05) is 20.8 Å². The molecular weight excluding hydrogens is 612 g/mol. The van der Waals surface area contributed by atoms with E-state index in [-0.39, 0.29) is 29.0 Å². The first-order valence-corrected chi connectivity index (χ1v) is 16.5. The Labute approximate surface area is 263 Å². The van der Waals surface area contributed by atoms with Crippen molar-refractivity contribution in [2.75, 3.05) is 17.3 Å². The highest BCUT2D eigenvalue weighted by atomic mass is 32.2. The molecule has 0 aliphatic carbocycles. The number of amides is 1. The van der Waals surface area contributed by atoms with E-state index in [4.69, 9.17) is 4.98 Å². The topological polar surface area (TPSA) is 146 Å². The molecule has 2 aromatic carbocycles. The number of benzene rings is 2.